The molecule has 1 amide bonds. The zero-order valence-electron chi connectivity index (χ0n) is 17.8. The van der Waals surface area contributed by atoms with Crippen LogP contribution >= 0.6 is 0 Å². The van der Waals surface area contributed by atoms with E-state index in [0.29, 0.717) is 16.6 Å². The Kier molecular flexibility index (Phi) is 5.55. The molecule has 4 aromatic rings. The molecular formula is C23H21N5O4. The fourth-order valence-corrected chi connectivity index (χ4v) is 3.30. The standard InChI is InChI=1S/C23H21N5O4/c1-14-8-10-16(11-9-14)28-19(12-15(2)25-28)24-20(29)13-32-23(31)21-17-6-4-5-7-18(17)22(30)27(3)26-21/h4-12H,13H2,1-3H3,(H,24,29). The fraction of sp³-hybridized carbons (Fsp3) is 0.174. The summed E-state index contributed by atoms with van der Waals surface area (Å²) in [5.41, 5.74) is 2.26. The number of aryl methyl sites for hydroxylation is 3. The number of rotatable bonds is 5. The first-order valence-electron chi connectivity index (χ1n) is 9.90. The molecule has 2 heterocycles. The largest absolute Gasteiger partial charge is 0.451 e. The number of carbonyl (C=O) groups is 2. The van der Waals surface area contributed by atoms with Gasteiger partial charge in [-0.1, -0.05) is 35.9 Å². The van der Waals surface area contributed by atoms with Gasteiger partial charge in [-0.25, -0.2) is 14.2 Å². The Morgan fingerprint density at radius 3 is 2.41 bits per heavy atom. The quantitative estimate of drug-likeness (QED) is 0.487. The lowest BCUT2D eigenvalue weighted by Gasteiger charge is -2.10. The van der Waals surface area contributed by atoms with Gasteiger partial charge < -0.3 is 10.1 Å². The summed E-state index contributed by atoms with van der Waals surface area (Å²) in [4.78, 5) is 37.3. The number of aromatic nitrogens is 4. The molecule has 4 rings (SSSR count). The van der Waals surface area contributed by atoms with E-state index >= 15 is 0 Å². The molecule has 9 heteroatoms. The van der Waals surface area contributed by atoms with Crippen LogP contribution in [0.3, 0.4) is 0 Å². The summed E-state index contributed by atoms with van der Waals surface area (Å²) in [5, 5.41) is 11.9. The van der Waals surface area contributed by atoms with E-state index in [-0.39, 0.29) is 11.3 Å². The molecule has 32 heavy (non-hydrogen) atoms. The zero-order valence-corrected chi connectivity index (χ0v) is 17.8. The van der Waals surface area contributed by atoms with E-state index in [0.717, 1.165) is 21.6 Å². The third-order valence-electron chi connectivity index (χ3n) is 4.86. The highest BCUT2D eigenvalue weighted by molar-refractivity contribution is 6.03. The van der Waals surface area contributed by atoms with Crippen LogP contribution < -0.4 is 10.9 Å². The first-order chi connectivity index (χ1) is 15.3. The van der Waals surface area contributed by atoms with E-state index in [1.807, 2.05) is 38.1 Å². The molecule has 0 aliphatic heterocycles. The second kappa shape index (κ2) is 8.46. The highest BCUT2D eigenvalue weighted by atomic mass is 16.5. The van der Waals surface area contributed by atoms with Crippen LogP contribution in [0.4, 0.5) is 5.82 Å². The van der Waals surface area contributed by atoms with Crippen LogP contribution in [0.5, 0.6) is 0 Å². The predicted molar refractivity (Wildman–Crippen MR) is 119 cm³/mol. The van der Waals surface area contributed by atoms with Crippen LogP contribution in [-0.2, 0) is 16.6 Å². The van der Waals surface area contributed by atoms with Crippen LogP contribution in [-0.4, -0.2) is 38.0 Å². The minimum atomic E-state index is -0.796. The minimum absolute atomic E-state index is 0.0314. The van der Waals surface area contributed by atoms with Crippen molar-refractivity contribution in [2.24, 2.45) is 7.05 Å². The van der Waals surface area contributed by atoms with Crippen molar-refractivity contribution < 1.29 is 14.3 Å². The molecule has 0 atom stereocenters. The lowest BCUT2D eigenvalue weighted by atomic mass is 10.1. The smallest absolute Gasteiger partial charge is 0.359 e. The third-order valence-corrected chi connectivity index (χ3v) is 4.86. The van der Waals surface area contributed by atoms with E-state index in [1.165, 1.54) is 7.05 Å². The third kappa shape index (κ3) is 4.13. The minimum Gasteiger partial charge on any atom is -0.451 e. The Bertz CT molecular complexity index is 1390. The SMILES string of the molecule is Cc1ccc(-n2nc(C)cc2NC(=O)COC(=O)c2nn(C)c(=O)c3ccccc23)cc1. The monoisotopic (exact) mass is 431 g/mol. The van der Waals surface area contributed by atoms with Crippen molar-refractivity contribution in [1.82, 2.24) is 19.6 Å². The van der Waals surface area contributed by atoms with E-state index in [2.05, 4.69) is 15.5 Å². The Balaban J connectivity index is 1.50. The van der Waals surface area contributed by atoms with Gasteiger partial charge in [0, 0.05) is 18.5 Å². The number of benzene rings is 2. The number of fused-ring (bicyclic) bond motifs is 1. The molecule has 1 N–H and O–H groups in total. The topological polar surface area (TPSA) is 108 Å². The van der Waals surface area contributed by atoms with Crippen molar-refractivity contribution >= 4 is 28.5 Å². The molecule has 0 aliphatic carbocycles. The van der Waals surface area contributed by atoms with E-state index in [9.17, 15) is 14.4 Å². The van der Waals surface area contributed by atoms with Crippen molar-refractivity contribution in [3.63, 3.8) is 0 Å². The predicted octanol–water partition coefficient (Wildman–Crippen LogP) is 2.53. The molecule has 0 fully saturated rings. The molecule has 0 bridgehead atoms. The van der Waals surface area contributed by atoms with Crippen LogP contribution in [0.15, 0.2) is 59.4 Å². The van der Waals surface area contributed by atoms with Gasteiger partial charge in [-0.3, -0.25) is 9.59 Å². The van der Waals surface area contributed by atoms with Gasteiger partial charge in [0.2, 0.25) is 0 Å². The summed E-state index contributed by atoms with van der Waals surface area (Å²) in [6.07, 6.45) is 0. The first kappa shape index (κ1) is 21.0. The molecule has 162 valence electrons. The maximum atomic E-state index is 12.6. The summed E-state index contributed by atoms with van der Waals surface area (Å²) in [5.74, 6) is -0.867. The van der Waals surface area contributed by atoms with E-state index in [4.69, 9.17) is 4.74 Å². The Morgan fingerprint density at radius 1 is 1.00 bits per heavy atom. The molecule has 0 spiro atoms. The van der Waals surface area contributed by atoms with Gasteiger partial charge in [0.1, 0.15) is 5.82 Å². The van der Waals surface area contributed by atoms with E-state index in [1.54, 1.807) is 35.0 Å². The van der Waals surface area contributed by atoms with Crippen molar-refractivity contribution in [2.45, 2.75) is 13.8 Å². The maximum Gasteiger partial charge on any atom is 0.359 e. The maximum absolute atomic E-state index is 12.6. The molecule has 0 radical (unpaired) electrons. The zero-order chi connectivity index (χ0) is 22.8. The summed E-state index contributed by atoms with van der Waals surface area (Å²) in [7, 11) is 1.45. The van der Waals surface area contributed by atoms with Gasteiger partial charge in [-0.15, -0.1) is 0 Å². The summed E-state index contributed by atoms with van der Waals surface area (Å²) in [6, 6.07) is 16.0. The molecule has 2 aromatic carbocycles. The average molecular weight is 431 g/mol. The Morgan fingerprint density at radius 2 is 1.69 bits per heavy atom. The molecule has 0 unspecified atom stereocenters. The van der Waals surface area contributed by atoms with Gasteiger partial charge in [-0.2, -0.15) is 10.2 Å². The van der Waals surface area contributed by atoms with Gasteiger partial charge >= 0.3 is 5.97 Å². The normalized spacial score (nSPS) is 10.8. The van der Waals surface area contributed by atoms with E-state index < -0.39 is 18.5 Å². The van der Waals surface area contributed by atoms with Crippen molar-refractivity contribution in [3.8, 4) is 5.69 Å². The van der Waals surface area contributed by atoms with Crippen molar-refractivity contribution in [1.29, 1.82) is 0 Å². The van der Waals surface area contributed by atoms with Crippen LogP contribution in [0, 0.1) is 13.8 Å². The van der Waals surface area contributed by atoms with Crippen LogP contribution in [0.25, 0.3) is 16.5 Å². The second-order valence-corrected chi connectivity index (χ2v) is 7.37. The fourth-order valence-electron chi connectivity index (χ4n) is 3.30. The Labute approximate surface area is 183 Å². The first-order valence-corrected chi connectivity index (χ1v) is 9.90. The number of anilines is 1. The van der Waals surface area contributed by atoms with Gasteiger partial charge in [-0.05, 0) is 32.0 Å². The summed E-state index contributed by atoms with van der Waals surface area (Å²) >= 11 is 0. The molecule has 2 aromatic heterocycles. The van der Waals surface area contributed by atoms with Crippen LogP contribution in [0.2, 0.25) is 0 Å². The molecular weight excluding hydrogens is 410 g/mol. The van der Waals surface area contributed by atoms with Gasteiger partial charge in [0.05, 0.1) is 16.8 Å². The number of ether oxygens (including phenoxy) is 1. The second-order valence-electron chi connectivity index (χ2n) is 7.37. The number of nitrogens with one attached hydrogen (secondary N) is 1. The molecule has 0 saturated heterocycles. The number of amides is 1. The average Bonchev–Trinajstić information content (AvgIpc) is 3.15. The Hall–Kier alpha value is -4.27. The number of hydrogen-bond donors (Lipinski definition) is 1. The highest BCUT2D eigenvalue weighted by Gasteiger charge is 2.19. The number of nitrogens with zero attached hydrogens (tertiary/aromatic N) is 4. The van der Waals surface area contributed by atoms with Crippen molar-refractivity contribution in [2.75, 3.05) is 11.9 Å². The summed E-state index contributed by atoms with van der Waals surface area (Å²) in [6.45, 7) is 3.28. The lowest BCUT2D eigenvalue weighted by molar-refractivity contribution is -0.119. The molecule has 9 nitrogen and oxygen atoms in total. The van der Waals surface area contributed by atoms with Crippen molar-refractivity contribution in [3.05, 3.63) is 81.9 Å². The number of hydrogen-bond acceptors (Lipinski definition) is 6. The number of esters is 1. The van der Waals surface area contributed by atoms with Gasteiger partial charge in [0.15, 0.2) is 12.3 Å². The molecule has 0 aliphatic rings. The van der Waals surface area contributed by atoms with Gasteiger partial charge in [0.25, 0.3) is 11.5 Å². The molecule has 0 saturated carbocycles. The summed E-state index contributed by atoms with van der Waals surface area (Å²) < 4.78 is 7.85. The van der Waals surface area contributed by atoms with Crippen LogP contribution in [0.1, 0.15) is 21.7 Å². The lowest BCUT2D eigenvalue weighted by Crippen LogP contribution is -2.26. The highest BCUT2D eigenvalue weighted by Crippen LogP contribution is 2.18. The number of carbonyl (C=O) groups excluding carboxylic acids is 2.